The molecule has 158 valence electrons. The molecule has 9 nitrogen and oxygen atoms in total. The van der Waals surface area contributed by atoms with Crippen LogP contribution in [0.3, 0.4) is 0 Å². The Morgan fingerprint density at radius 2 is 1.97 bits per heavy atom. The first-order chi connectivity index (χ1) is 15.1. The predicted octanol–water partition coefficient (Wildman–Crippen LogP) is 2.63. The molecule has 31 heavy (non-hydrogen) atoms. The van der Waals surface area contributed by atoms with Crippen molar-refractivity contribution in [1.29, 1.82) is 0 Å². The van der Waals surface area contributed by atoms with Crippen molar-refractivity contribution in [3.8, 4) is 11.4 Å². The average molecular weight is 418 g/mol. The van der Waals surface area contributed by atoms with Gasteiger partial charge in [-0.05, 0) is 6.92 Å². The number of hydrogen-bond acceptors (Lipinski definition) is 7. The maximum atomic E-state index is 12.1. The Bertz CT molecular complexity index is 1090. The van der Waals surface area contributed by atoms with Crippen molar-refractivity contribution >= 4 is 11.8 Å². The van der Waals surface area contributed by atoms with Gasteiger partial charge in [-0.25, -0.2) is 0 Å². The SMILES string of the molecule is Cc1ccc(-c2noc(CCC(=O)NCCNC3=C4C=CC=CC4C(=O)N=N3)n2)cc1. The van der Waals surface area contributed by atoms with Gasteiger partial charge in [0.2, 0.25) is 17.6 Å². The Morgan fingerprint density at radius 1 is 1.13 bits per heavy atom. The van der Waals surface area contributed by atoms with E-state index < -0.39 is 5.92 Å². The number of fused-ring (bicyclic) bond motifs is 1. The van der Waals surface area contributed by atoms with Crippen molar-refractivity contribution in [3.05, 3.63) is 71.4 Å². The number of allylic oxidation sites excluding steroid dienone is 3. The number of azo groups is 1. The Morgan fingerprint density at radius 3 is 2.81 bits per heavy atom. The number of amides is 2. The maximum Gasteiger partial charge on any atom is 0.276 e. The van der Waals surface area contributed by atoms with Gasteiger partial charge in [-0.2, -0.15) is 4.98 Å². The number of carbonyl (C=O) groups excluding carboxylic acids is 2. The monoisotopic (exact) mass is 418 g/mol. The molecule has 2 N–H and O–H groups in total. The lowest BCUT2D eigenvalue weighted by Crippen LogP contribution is -2.33. The van der Waals surface area contributed by atoms with Crippen molar-refractivity contribution in [2.75, 3.05) is 13.1 Å². The molecule has 4 rings (SSSR count). The second-order valence-corrected chi connectivity index (χ2v) is 7.22. The minimum Gasteiger partial charge on any atom is -0.367 e. The summed E-state index contributed by atoms with van der Waals surface area (Å²) < 4.78 is 5.24. The lowest BCUT2D eigenvalue weighted by Gasteiger charge is -2.20. The molecule has 0 bridgehead atoms. The number of carbonyl (C=O) groups is 2. The first-order valence-corrected chi connectivity index (χ1v) is 10.0. The fraction of sp³-hybridized carbons (Fsp3) is 0.273. The zero-order chi connectivity index (χ0) is 21.6. The van der Waals surface area contributed by atoms with Gasteiger partial charge in [0.25, 0.3) is 5.91 Å². The standard InChI is InChI=1S/C22H22N6O3/c1-14-6-8-15(9-7-14)20-25-19(31-28-20)11-10-18(29)23-12-13-24-21-16-4-2-3-5-17(16)22(30)27-26-21/h2-9,17,24H,10-13H2,1H3,(H,23,29). The van der Waals surface area contributed by atoms with Crippen LogP contribution in [0.4, 0.5) is 0 Å². The van der Waals surface area contributed by atoms with Crippen LogP contribution in [0.1, 0.15) is 17.9 Å². The van der Waals surface area contributed by atoms with Gasteiger partial charge in [-0.3, -0.25) is 9.59 Å². The van der Waals surface area contributed by atoms with Crippen molar-refractivity contribution in [2.45, 2.75) is 19.8 Å². The Balaban J connectivity index is 1.20. The van der Waals surface area contributed by atoms with Crippen LogP contribution in [0.2, 0.25) is 0 Å². The molecule has 2 aromatic rings. The van der Waals surface area contributed by atoms with Gasteiger partial charge in [-0.1, -0.05) is 59.3 Å². The second-order valence-electron chi connectivity index (χ2n) is 7.22. The molecule has 0 saturated carbocycles. The van der Waals surface area contributed by atoms with Gasteiger partial charge in [0.15, 0.2) is 5.82 Å². The second kappa shape index (κ2) is 9.29. The van der Waals surface area contributed by atoms with Gasteiger partial charge < -0.3 is 15.2 Å². The molecule has 0 radical (unpaired) electrons. The van der Waals surface area contributed by atoms with Crippen molar-refractivity contribution < 1.29 is 14.1 Å². The summed E-state index contributed by atoms with van der Waals surface area (Å²) in [6, 6.07) is 7.84. The van der Waals surface area contributed by atoms with Gasteiger partial charge >= 0.3 is 0 Å². The lowest BCUT2D eigenvalue weighted by atomic mass is 9.93. The van der Waals surface area contributed by atoms with Crippen LogP contribution in [0.5, 0.6) is 0 Å². The molecule has 0 saturated heterocycles. The zero-order valence-electron chi connectivity index (χ0n) is 17.0. The van der Waals surface area contributed by atoms with E-state index in [1.165, 1.54) is 0 Å². The number of nitrogens with zero attached hydrogens (tertiary/aromatic N) is 4. The highest BCUT2D eigenvalue weighted by atomic mass is 16.5. The number of nitrogens with one attached hydrogen (secondary N) is 2. The molecule has 1 aromatic carbocycles. The van der Waals surface area contributed by atoms with Crippen molar-refractivity contribution in [3.63, 3.8) is 0 Å². The quantitative estimate of drug-likeness (QED) is 0.636. The van der Waals surface area contributed by atoms with Crippen molar-refractivity contribution in [2.24, 2.45) is 16.1 Å². The summed E-state index contributed by atoms with van der Waals surface area (Å²) in [5, 5.41) is 17.5. The van der Waals surface area contributed by atoms with Crippen molar-refractivity contribution in [1.82, 2.24) is 20.8 Å². The highest BCUT2D eigenvalue weighted by Crippen LogP contribution is 2.27. The van der Waals surface area contributed by atoms with E-state index in [1.54, 1.807) is 6.08 Å². The highest BCUT2D eigenvalue weighted by molar-refractivity contribution is 5.86. The summed E-state index contributed by atoms with van der Waals surface area (Å²) in [7, 11) is 0. The molecule has 2 amide bonds. The van der Waals surface area contributed by atoms with Crippen LogP contribution in [-0.4, -0.2) is 35.0 Å². The first-order valence-electron chi connectivity index (χ1n) is 10.0. The van der Waals surface area contributed by atoms with Crippen LogP contribution >= 0.6 is 0 Å². The molecule has 0 spiro atoms. The molecule has 0 fully saturated rings. The van der Waals surface area contributed by atoms with E-state index in [9.17, 15) is 9.59 Å². The van der Waals surface area contributed by atoms with E-state index in [1.807, 2.05) is 49.4 Å². The molecule has 9 heteroatoms. The molecular formula is C22H22N6O3. The summed E-state index contributed by atoms with van der Waals surface area (Å²) in [5.74, 6) is 0.701. The molecule has 1 aliphatic carbocycles. The van der Waals surface area contributed by atoms with Gasteiger partial charge in [0, 0.05) is 37.1 Å². The van der Waals surface area contributed by atoms with Crippen LogP contribution in [0, 0.1) is 12.8 Å². The Kier molecular flexibility index (Phi) is 6.11. The fourth-order valence-electron chi connectivity index (χ4n) is 3.21. The summed E-state index contributed by atoms with van der Waals surface area (Å²) in [6.45, 7) is 2.88. The fourth-order valence-corrected chi connectivity index (χ4v) is 3.21. The average Bonchev–Trinajstić information content (AvgIpc) is 3.26. The Labute approximate surface area is 179 Å². The van der Waals surface area contributed by atoms with E-state index >= 15 is 0 Å². The number of rotatable bonds is 8. The number of benzene rings is 1. The van der Waals surface area contributed by atoms with Crippen LogP contribution in [0.25, 0.3) is 11.4 Å². The molecule has 1 aliphatic heterocycles. The van der Waals surface area contributed by atoms with Crippen LogP contribution < -0.4 is 10.6 Å². The van der Waals surface area contributed by atoms with Gasteiger partial charge in [0.1, 0.15) is 0 Å². The third-order valence-corrected chi connectivity index (χ3v) is 4.90. The smallest absolute Gasteiger partial charge is 0.276 e. The molecule has 2 heterocycles. The van der Waals surface area contributed by atoms with Gasteiger partial charge in [0.05, 0.1) is 5.92 Å². The first kappa shape index (κ1) is 20.4. The number of aromatic nitrogens is 2. The largest absolute Gasteiger partial charge is 0.367 e. The molecule has 1 unspecified atom stereocenters. The Hall–Kier alpha value is -3.88. The minimum atomic E-state index is -0.390. The van der Waals surface area contributed by atoms with Gasteiger partial charge in [-0.15, -0.1) is 10.2 Å². The minimum absolute atomic E-state index is 0.117. The van der Waals surface area contributed by atoms with E-state index in [2.05, 4.69) is 31.0 Å². The summed E-state index contributed by atoms with van der Waals surface area (Å²) in [4.78, 5) is 28.2. The highest BCUT2D eigenvalue weighted by Gasteiger charge is 2.26. The third kappa shape index (κ3) is 5.00. The molecular weight excluding hydrogens is 396 g/mol. The summed E-state index contributed by atoms with van der Waals surface area (Å²) in [6.07, 6.45) is 7.91. The summed E-state index contributed by atoms with van der Waals surface area (Å²) >= 11 is 0. The molecule has 2 aliphatic rings. The maximum absolute atomic E-state index is 12.1. The van der Waals surface area contributed by atoms with E-state index in [0.717, 1.165) is 16.7 Å². The van der Waals surface area contributed by atoms with E-state index in [4.69, 9.17) is 4.52 Å². The molecule has 1 atom stereocenters. The third-order valence-electron chi connectivity index (χ3n) is 4.90. The van der Waals surface area contributed by atoms with Crippen LogP contribution in [-0.2, 0) is 16.0 Å². The van der Waals surface area contributed by atoms with E-state index in [-0.39, 0.29) is 18.2 Å². The molecule has 1 aromatic heterocycles. The normalized spacial score (nSPS) is 17.1. The van der Waals surface area contributed by atoms with E-state index in [0.29, 0.717) is 37.0 Å². The number of aryl methyl sites for hydroxylation is 2. The predicted molar refractivity (Wildman–Crippen MR) is 112 cm³/mol. The topological polar surface area (TPSA) is 122 Å². The lowest BCUT2D eigenvalue weighted by molar-refractivity contribution is -0.121. The summed E-state index contributed by atoms with van der Waals surface area (Å²) in [5.41, 5.74) is 2.82. The zero-order valence-corrected chi connectivity index (χ0v) is 17.0. The van der Waals surface area contributed by atoms with Crippen LogP contribution in [0.15, 0.2) is 74.7 Å². The number of hydrogen-bond donors (Lipinski definition) is 2.